The highest BCUT2D eigenvalue weighted by Gasteiger charge is 2.08. The fourth-order valence-corrected chi connectivity index (χ4v) is 3.35. The van der Waals surface area contributed by atoms with Gasteiger partial charge in [-0.05, 0) is 31.2 Å². The minimum absolute atomic E-state index is 0.507. The highest BCUT2D eigenvalue weighted by Crippen LogP contribution is 2.29. The number of rotatable bonds is 5. The van der Waals surface area contributed by atoms with Crippen LogP contribution in [-0.2, 0) is 0 Å². The van der Waals surface area contributed by atoms with E-state index in [0.29, 0.717) is 5.95 Å². The van der Waals surface area contributed by atoms with Gasteiger partial charge < -0.3 is 15.4 Å². The Balaban J connectivity index is 1.59. The number of fused-ring (bicyclic) bond motifs is 1. The van der Waals surface area contributed by atoms with Crippen molar-refractivity contribution in [3.63, 3.8) is 0 Å². The highest BCUT2D eigenvalue weighted by molar-refractivity contribution is 7.22. The highest BCUT2D eigenvalue weighted by atomic mass is 32.1. The normalized spacial score (nSPS) is 10.7. The van der Waals surface area contributed by atoms with E-state index >= 15 is 0 Å². The largest absolute Gasteiger partial charge is 0.497 e. The van der Waals surface area contributed by atoms with Crippen molar-refractivity contribution in [2.24, 2.45) is 0 Å². The summed E-state index contributed by atoms with van der Waals surface area (Å²) in [4.78, 5) is 13.5. The molecular weight excluding hydrogens is 346 g/mol. The predicted molar refractivity (Wildman–Crippen MR) is 106 cm³/mol. The van der Waals surface area contributed by atoms with Crippen LogP contribution in [0.5, 0.6) is 5.75 Å². The van der Waals surface area contributed by atoms with Crippen molar-refractivity contribution >= 4 is 44.1 Å². The maximum atomic E-state index is 5.24. The van der Waals surface area contributed by atoms with E-state index in [9.17, 15) is 0 Å². The Kier molecular flexibility index (Phi) is 4.37. The zero-order chi connectivity index (χ0) is 17.9. The second-order valence-corrected chi connectivity index (χ2v) is 6.72. The molecule has 0 spiro atoms. The Morgan fingerprint density at radius 1 is 1.00 bits per heavy atom. The second kappa shape index (κ2) is 6.97. The van der Waals surface area contributed by atoms with E-state index in [1.807, 2.05) is 49.4 Å². The quantitative estimate of drug-likeness (QED) is 0.526. The molecular formula is C19H17N5OS. The molecule has 2 aromatic heterocycles. The average molecular weight is 363 g/mol. The fraction of sp³-hybridized carbons (Fsp3) is 0.105. The standard InChI is InChI=1S/C19H17N5OS/c1-12-11-20-18(21-13-6-5-7-14(10-13)25-2)23-17(12)24-19-22-15-8-3-4-9-16(15)26-19/h3-11H,1-2H3,(H2,20,21,22,23,24). The number of ether oxygens (including phenoxy) is 1. The minimum Gasteiger partial charge on any atom is -0.497 e. The second-order valence-electron chi connectivity index (χ2n) is 5.69. The third kappa shape index (κ3) is 3.43. The Hall–Kier alpha value is -3.19. The Labute approximate surface area is 154 Å². The number of anilines is 4. The molecule has 0 aliphatic rings. The number of aromatic nitrogens is 3. The van der Waals surface area contributed by atoms with E-state index in [2.05, 4.69) is 31.7 Å². The summed E-state index contributed by atoms with van der Waals surface area (Å²) in [5, 5.41) is 7.31. The molecule has 0 atom stereocenters. The van der Waals surface area contributed by atoms with E-state index < -0.39 is 0 Å². The van der Waals surface area contributed by atoms with E-state index in [1.54, 1.807) is 24.6 Å². The van der Waals surface area contributed by atoms with Crippen LogP contribution in [-0.4, -0.2) is 22.1 Å². The van der Waals surface area contributed by atoms with Gasteiger partial charge >= 0.3 is 0 Å². The van der Waals surface area contributed by atoms with E-state index in [0.717, 1.165) is 38.2 Å². The molecule has 26 heavy (non-hydrogen) atoms. The lowest BCUT2D eigenvalue weighted by Gasteiger charge is -2.10. The zero-order valence-electron chi connectivity index (χ0n) is 14.4. The van der Waals surface area contributed by atoms with Gasteiger partial charge in [0.25, 0.3) is 0 Å². The molecule has 2 N–H and O–H groups in total. The molecule has 0 aliphatic carbocycles. The Morgan fingerprint density at radius 2 is 1.88 bits per heavy atom. The van der Waals surface area contributed by atoms with Crippen molar-refractivity contribution < 1.29 is 4.74 Å². The van der Waals surface area contributed by atoms with Crippen LogP contribution in [0.1, 0.15) is 5.56 Å². The summed E-state index contributed by atoms with van der Waals surface area (Å²) in [5.41, 5.74) is 2.78. The van der Waals surface area contributed by atoms with Gasteiger partial charge in [-0.15, -0.1) is 0 Å². The van der Waals surface area contributed by atoms with Gasteiger partial charge in [0.05, 0.1) is 17.3 Å². The third-order valence-corrected chi connectivity index (χ3v) is 4.77. The first kappa shape index (κ1) is 16.3. The summed E-state index contributed by atoms with van der Waals surface area (Å²) in [6.45, 7) is 1.96. The van der Waals surface area contributed by atoms with Gasteiger partial charge in [0.1, 0.15) is 11.6 Å². The number of aryl methyl sites for hydroxylation is 1. The Bertz CT molecular complexity index is 1030. The molecule has 4 rings (SSSR count). The van der Waals surface area contributed by atoms with E-state index in [-0.39, 0.29) is 0 Å². The predicted octanol–water partition coefficient (Wildman–Crippen LogP) is 4.89. The number of hydrogen-bond acceptors (Lipinski definition) is 7. The molecule has 0 unspecified atom stereocenters. The number of para-hydroxylation sites is 1. The van der Waals surface area contributed by atoms with E-state index in [1.165, 1.54) is 0 Å². The lowest BCUT2D eigenvalue weighted by Crippen LogP contribution is -2.02. The SMILES string of the molecule is COc1cccc(Nc2ncc(C)c(Nc3nc4ccccc4s3)n2)c1. The smallest absolute Gasteiger partial charge is 0.229 e. The maximum absolute atomic E-state index is 5.24. The Morgan fingerprint density at radius 3 is 2.73 bits per heavy atom. The van der Waals surface area contributed by atoms with Crippen molar-refractivity contribution in [3.05, 3.63) is 60.3 Å². The minimum atomic E-state index is 0.507. The zero-order valence-corrected chi connectivity index (χ0v) is 15.2. The van der Waals surface area contributed by atoms with Crippen molar-refractivity contribution in [2.45, 2.75) is 6.92 Å². The first-order valence-corrected chi connectivity index (χ1v) is 8.90. The van der Waals surface area contributed by atoms with Crippen molar-refractivity contribution in [2.75, 3.05) is 17.7 Å². The van der Waals surface area contributed by atoms with Crippen LogP contribution < -0.4 is 15.4 Å². The van der Waals surface area contributed by atoms with Gasteiger partial charge in [-0.2, -0.15) is 4.98 Å². The van der Waals surface area contributed by atoms with Crippen molar-refractivity contribution in [1.82, 2.24) is 15.0 Å². The number of methoxy groups -OCH3 is 1. The number of hydrogen-bond donors (Lipinski definition) is 2. The van der Waals surface area contributed by atoms with Crippen molar-refractivity contribution in [1.29, 1.82) is 0 Å². The summed E-state index contributed by atoms with van der Waals surface area (Å²) >= 11 is 1.60. The maximum Gasteiger partial charge on any atom is 0.229 e. The first-order chi connectivity index (χ1) is 12.7. The van der Waals surface area contributed by atoms with Crippen LogP contribution in [0.4, 0.5) is 22.6 Å². The molecule has 0 bridgehead atoms. The van der Waals surface area contributed by atoms with Crippen LogP contribution in [0.2, 0.25) is 0 Å². The topological polar surface area (TPSA) is 72.0 Å². The molecule has 0 saturated carbocycles. The van der Waals surface area contributed by atoms with Crippen LogP contribution in [0.3, 0.4) is 0 Å². The molecule has 7 heteroatoms. The first-order valence-electron chi connectivity index (χ1n) is 8.08. The number of nitrogens with zero attached hydrogens (tertiary/aromatic N) is 3. The summed E-state index contributed by atoms with van der Waals surface area (Å²) in [6.07, 6.45) is 1.78. The molecule has 0 aliphatic heterocycles. The van der Waals surface area contributed by atoms with Crippen LogP contribution >= 0.6 is 11.3 Å². The molecule has 4 aromatic rings. The molecule has 0 saturated heterocycles. The summed E-state index contributed by atoms with van der Waals surface area (Å²) in [6, 6.07) is 15.7. The number of benzene rings is 2. The molecule has 0 radical (unpaired) electrons. The van der Waals surface area contributed by atoms with Crippen LogP contribution in [0.25, 0.3) is 10.2 Å². The average Bonchev–Trinajstić information content (AvgIpc) is 3.07. The summed E-state index contributed by atoms with van der Waals surface area (Å²) in [5.74, 6) is 2.01. The van der Waals surface area contributed by atoms with Crippen LogP contribution in [0, 0.1) is 6.92 Å². The van der Waals surface area contributed by atoms with Gasteiger partial charge in [0.15, 0.2) is 5.13 Å². The molecule has 2 heterocycles. The summed E-state index contributed by atoms with van der Waals surface area (Å²) in [7, 11) is 1.64. The van der Waals surface area contributed by atoms with Crippen LogP contribution in [0.15, 0.2) is 54.7 Å². The van der Waals surface area contributed by atoms with Crippen molar-refractivity contribution in [3.8, 4) is 5.75 Å². The molecule has 2 aromatic carbocycles. The third-order valence-electron chi connectivity index (χ3n) is 3.82. The fourth-order valence-electron chi connectivity index (χ4n) is 2.49. The van der Waals surface area contributed by atoms with Gasteiger partial charge in [-0.25, -0.2) is 9.97 Å². The lowest BCUT2D eigenvalue weighted by molar-refractivity contribution is 0.415. The van der Waals surface area contributed by atoms with Gasteiger partial charge in [-0.3, -0.25) is 0 Å². The molecule has 0 amide bonds. The van der Waals surface area contributed by atoms with Gasteiger partial charge in [0, 0.05) is 23.5 Å². The molecule has 6 nitrogen and oxygen atoms in total. The molecule has 0 fully saturated rings. The summed E-state index contributed by atoms with van der Waals surface area (Å²) < 4.78 is 6.38. The van der Waals surface area contributed by atoms with E-state index in [4.69, 9.17) is 4.74 Å². The van der Waals surface area contributed by atoms with Gasteiger partial charge in [-0.1, -0.05) is 29.5 Å². The lowest BCUT2D eigenvalue weighted by atomic mass is 10.3. The monoisotopic (exact) mass is 363 g/mol. The number of thiazole rings is 1. The van der Waals surface area contributed by atoms with Gasteiger partial charge in [0.2, 0.25) is 5.95 Å². The molecule has 130 valence electrons. The number of nitrogens with one attached hydrogen (secondary N) is 2.